The summed E-state index contributed by atoms with van der Waals surface area (Å²) >= 11 is 0. The van der Waals surface area contributed by atoms with E-state index in [2.05, 4.69) is 17.9 Å². The first-order chi connectivity index (χ1) is 12.8. The summed E-state index contributed by atoms with van der Waals surface area (Å²) in [7, 11) is 1.17. The molecule has 3 N–H and O–H groups in total. The first kappa shape index (κ1) is 21.3. The van der Waals surface area contributed by atoms with Gasteiger partial charge in [-0.25, -0.2) is 9.59 Å². The van der Waals surface area contributed by atoms with Crippen LogP contribution in [0.4, 0.5) is 0 Å². The van der Waals surface area contributed by atoms with Crippen LogP contribution in [0.5, 0.6) is 0 Å². The molecule has 0 aromatic heterocycles. The number of carbonyl (C=O) groups excluding carboxylic acids is 3. The highest BCUT2D eigenvalue weighted by atomic mass is 16.5. The first-order valence-electron chi connectivity index (χ1n) is 8.84. The van der Waals surface area contributed by atoms with E-state index in [9.17, 15) is 24.6 Å². The van der Waals surface area contributed by atoms with Gasteiger partial charge in [0.05, 0.1) is 37.4 Å². The number of aliphatic hydroxyl groups is 3. The van der Waals surface area contributed by atoms with Crippen molar-refractivity contribution in [3.8, 4) is 0 Å². The van der Waals surface area contributed by atoms with Gasteiger partial charge in [0, 0.05) is 17.4 Å². The van der Waals surface area contributed by atoms with Crippen molar-refractivity contribution >= 4 is 18.2 Å². The maximum atomic E-state index is 12.1. The van der Waals surface area contributed by atoms with E-state index in [4.69, 9.17) is 9.84 Å². The summed E-state index contributed by atoms with van der Waals surface area (Å²) in [6.45, 7) is 6.49. The Morgan fingerprint density at radius 3 is 2.41 bits per heavy atom. The third-order valence-corrected chi connectivity index (χ3v) is 5.71. The molecule has 0 heterocycles. The number of hydrogen-bond acceptors (Lipinski definition) is 8. The van der Waals surface area contributed by atoms with E-state index in [1.807, 2.05) is 0 Å². The van der Waals surface area contributed by atoms with Crippen LogP contribution in [0.1, 0.15) is 19.3 Å². The van der Waals surface area contributed by atoms with Gasteiger partial charge in [-0.1, -0.05) is 13.2 Å². The topological polar surface area (TPSA) is 130 Å². The molecule has 2 aliphatic carbocycles. The summed E-state index contributed by atoms with van der Waals surface area (Å²) in [5, 5.41) is 30.4. The second-order valence-electron chi connectivity index (χ2n) is 7.16. The van der Waals surface area contributed by atoms with Crippen molar-refractivity contribution in [3.63, 3.8) is 0 Å². The molecular formula is C19H26O8. The minimum atomic E-state index is -1.24. The molecule has 0 saturated heterocycles. The highest BCUT2D eigenvalue weighted by Crippen LogP contribution is 2.48. The van der Waals surface area contributed by atoms with Crippen LogP contribution in [0.2, 0.25) is 0 Å². The average molecular weight is 382 g/mol. The zero-order chi connectivity index (χ0) is 20.3. The lowest BCUT2D eigenvalue weighted by molar-refractivity contribution is -0.173. The van der Waals surface area contributed by atoms with E-state index in [0.29, 0.717) is 12.8 Å². The second kappa shape index (κ2) is 8.77. The summed E-state index contributed by atoms with van der Waals surface area (Å²) in [4.78, 5) is 35.6. The van der Waals surface area contributed by atoms with Gasteiger partial charge < -0.3 is 29.6 Å². The molecule has 0 aromatic carbocycles. The number of ether oxygens (including phenoxy) is 2. The highest BCUT2D eigenvalue weighted by Gasteiger charge is 2.54. The minimum absolute atomic E-state index is 0.0828. The number of rotatable bonds is 6. The van der Waals surface area contributed by atoms with Crippen LogP contribution < -0.4 is 0 Å². The predicted octanol–water partition coefficient (Wildman–Crippen LogP) is -0.241. The molecule has 0 aromatic rings. The molecule has 27 heavy (non-hydrogen) atoms. The smallest absolute Gasteiger partial charge is 0.336 e. The number of aliphatic hydroxyl groups excluding tert-OH is 3. The molecule has 0 amide bonds. The normalized spacial score (nSPS) is 35.5. The summed E-state index contributed by atoms with van der Waals surface area (Å²) in [5.41, 5.74) is -0.260. The highest BCUT2D eigenvalue weighted by molar-refractivity contribution is 5.89. The van der Waals surface area contributed by atoms with Gasteiger partial charge in [-0.15, -0.1) is 0 Å². The van der Waals surface area contributed by atoms with E-state index in [0.717, 1.165) is 6.29 Å². The molecule has 2 rings (SSSR count). The van der Waals surface area contributed by atoms with Gasteiger partial charge in [-0.05, 0) is 25.2 Å². The average Bonchev–Trinajstić information content (AvgIpc) is 2.67. The third kappa shape index (κ3) is 4.12. The fourth-order valence-corrected chi connectivity index (χ4v) is 4.30. The Labute approximate surface area is 157 Å². The number of aldehydes is 1. The molecule has 2 saturated carbocycles. The predicted molar refractivity (Wildman–Crippen MR) is 93.2 cm³/mol. The Balaban J connectivity index is 2.38. The standard InChI is InChI=1S/C19H26O8/c1-9(7-20)18(24)27-14-6-12-13(22)5-4-11(8-21)16(12)17(23)15(14)10(2)19(25)26-3/h8,11-17,20,22-23H,1-2,4-7H2,3H3/t11-,12-,13+,14-,15+,16-,17-/m0/s1. The maximum Gasteiger partial charge on any atom is 0.336 e. The molecule has 0 unspecified atom stereocenters. The molecule has 8 nitrogen and oxygen atoms in total. The number of esters is 2. The zero-order valence-electron chi connectivity index (χ0n) is 15.2. The third-order valence-electron chi connectivity index (χ3n) is 5.71. The summed E-state index contributed by atoms with van der Waals surface area (Å²) in [6, 6.07) is 0. The Morgan fingerprint density at radius 1 is 1.19 bits per heavy atom. The van der Waals surface area contributed by atoms with Crippen molar-refractivity contribution < 1.29 is 39.2 Å². The molecular weight excluding hydrogens is 356 g/mol. The van der Waals surface area contributed by atoms with Crippen molar-refractivity contribution in [3.05, 3.63) is 24.3 Å². The van der Waals surface area contributed by atoms with E-state index in [1.165, 1.54) is 7.11 Å². The van der Waals surface area contributed by atoms with Gasteiger partial charge in [0.25, 0.3) is 0 Å². The van der Waals surface area contributed by atoms with Crippen molar-refractivity contribution in [1.29, 1.82) is 0 Å². The Bertz CT molecular complexity index is 627. The van der Waals surface area contributed by atoms with Crippen LogP contribution in [0.25, 0.3) is 0 Å². The fraction of sp³-hybridized carbons (Fsp3) is 0.632. The van der Waals surface area contributed by atoms with Gasteiger partial charge >= 0.3 is 11.9 Å². The molecule has 8 heteroatoms. The molecule has 0 bridgehead atoms. The van der Waals surface area contributed by atoms with Crippen LogP contribution in [-0.4, -0.2) is 65.6 Å². The number of hydrogen-bond donors (Lipinski definition) is 3. The summed E-state index contributed by atoms with van der Waals surface area (Å²) < 4.78 is 10.1. The second-order valence-corrected chi connectivity index (χ2v) is 7.16. The first-order valence-corrected chi connectivity index (χ1v) is 8.84. The Morgan fingerprint density at radius 2 is 1.85 bits per heavy atom. The lowest BCUT2D eigenvalue weighted by Crippen LogP contribution is -2.56. The van der Waals surface area contributed by atoms with E-state index in [1.54, 1.807) is 0 Å². The summed E-state index contributed by atoms with van der Waals surface area (Å²) in [5.74, 6) is -4.18. The Hall–Kier alpha value is -2.03. The zero-order valence-corrected chi connectivity index (χ0v) is 15.2. The van der Waals surface area contributed by atoms with E-state index < -0.39 is 60.5 Å². The molecule has 0 radical (unpaired) electrons. The summed E-state index contributed by atoms with van der Waals surface area (Å²) in [6.07, 6.45) is -1.28. The van der Waals surface area contributed by atoms with Crippen LogP contribution in [0, 0.1) is 23.7 Å². The molecule has 150 valence electrons. The van der Waals surface area contributed by atoms with Gasteiger partial charge in [0.1, 0.15) is 12.4 Å². The van der Waals surface area contributed by atoms with Gasteiger partial charge in [-0.3, -0.25) is 0 Å². The Kier molecular flexibility index (Phi) is 6.91. The maximum absolute atomic E-state index is 12.1. The van der Waals surface area contributed by atoms with E-state index >= 15 is 0 Å². The lowest BCUT2D eigenvalue weighted by atomic mass is 9.58. The molecule has 2 aliphatic rings. The van der Waals surface area contributed by atoms with Gasteiger partial charge in [0.2, 0.25) is 0 Å². The van der Waals surface area contributed by atoms with Crippen molar-refractivity contribution in [1.82, 2.24) is 0 Å². The van der Waals surface area contributed by atoms with Crippen molar-refractivity contribution in [2.75, 3.05) is 13.7 Å². The van der Waals surface area contributed by atoms with Crippen molar-refractivity contribution in [2.45, 2.75) is 37.6 Å². The fourth-order valence-electron chi connectivity index (χ4n) is 4.30. The lowest BCUT2D eigenvalue weighted by Gasteiger charge is -2.50. The number of fused-ring (bicyclic) bond motifs is 1. The quantitative estimate of drug-likeness (QED) is 0.326. The number of methoxy groups -OCH3 is 1. The van der Waals surface area contributed by atoms with Crippen molar-refractivity contribution in [2.24, 2.45) is 23.7 Å². The van der Waals surface area contributed by atoms with Crippen LogP contribution in [-0.2, 0) is 23.9 Å². The van der Waals surface area contributed by atoms with Crippen LogP contribution in [0.3, 0.4) is 0 Å². The molecule has 0 aliphatic heterocycles. The largest absolute Gasteiger partial charge is 0.466 e. The van der Waals surface area contributed by atoms with Gasteiger partial charge in [0.15, 0.2) is 0 Å². The van der Waals surface area contributed by atoms with Crippen LogP contribution in [0.15, 0.2) is 24.3 Å². The van der Waals surface area contributed by atoms with Gasteiger partial charge in [-0.2, -0.15) is 0 Å². The monoisotopic (exact) mass is 382 g/mol. The SMILES string of the molecule is C=C(CO)C(=O)O[C@H]1C[C@@H]2[C@@H]([C@@H](O)[C@@H]1C(=C)C(=O)OC)[C@H](C=O)CC[C@H]2O. The minimum Gasteiger partial charge on any atom is -0.466 e. The number of carbonyl (C=O) groups is 3. The molecule has 7 atom stereocenters. The molecule has 2 fully saturated rings. The molecule has 0 spiro atoms. The van der Waals surface area contributed by atoms with E-state index in [-0.39, 0.29) is 17.6 Å². The van der Waals surface area contributed by atoms with Crippen LogP contribution >= 0.6 is 0 Å².